The molecule has 0 saturated heterocycles. The summed E-state index contributed by atoms with van der Waals surface area (Å²) in [7, 11) is -1.31. The lowest BCUT2D eigenvalue weighted by Crippen LogP contribution is -2.52. The highest BCUT2D eigenvalue weighted by Gasteiger charge is 2.23. The van der Waals surface area contributed by atoms with E-state index in [0.717, 1.165) is 0 Å². The van der Waals surface area contributed by atoms with Gasteiger partial charge in [0.05, 0.1) is 19.1 Å². The first-order valence-corrected chi connectivity index (χ1v) is 11.8. The lowest BCUT2D eigenvalue weighted by atomic mass is 10.0. The Morgan fingerprint density at radius 3 is 2.24 bits per heavy atom. The van der Waals surface area contributed by atoms with Crippen LogP contribution in [0.1, 0.15) is 30.6 Å². The van der Waals surface area contributed by atoms with Crippen LogP contribution in [-0.2, 0) is 19.6 Å². The van der Waals surface area contributed by atoms with E-state index in [1.807, 2.05) is 13.8 Å². The monoisotopic (exact) mass is 492 g/mol. The van der Waals surface area contributed by atoms with Crippen molar-refractivity contribution in [1.82, 2.24) is 16.2 Å². The molecule has 0 heterocycles. The Hall–Kier alpha value is -3.80. The summed E-state index contributed by atoms with van der Waals surface area (Å²) in [6.45, 7) is 3.73. The van der Waals surface area contributed by atoms with Crippen molar-refractivity contribution >= 4 is 33.6 Å². The summed E-state index contributed by atoms with van der Waals surface area (Å²) >= 11 is 0. The van der Waals surface area contributed by atoms with Crippen LogP contribution >= 0.6 is 0 Å². The highest BCUT2D eigenvalue weighted by atomic mass is 32.2. The summed E-state index contributed by atoms with van der Waals surface area (Å²) in [5.41, 5.74) is 4.78. The van der Waals surface area contributed by atoms with E-state index in [1.54, 1.807) is 24.3 Å². The normalized spacial score (nSPS) is 11.8. The number of ether oxygens (including phenoxy) is 2. The fourth-order valence-corrected chi connectivity index (χ4v) is 3.96. The summed E-state index contributed by atoms with van der Waals surface area (Å²) in [4.78, 5) is 36.3. The van der Waals surface area contributed by atoms with Gasteiger partial charge in [-0.2, -0.15) is 0 Å². The van der Waals surface area contributed by atoms with E-state index in [2.05, 4.69) is 25.6 Å². The Morgan fingerprint density at radius 2 is 1.65 bits per heavy atom. The van der Waals surface area contributed by atoms with E-state index < -0.39 is 34.0 Å². The molecule has 0 fully saturated rings. The molecule has 1 atom stereocenters. The largest absolute Gasteiger partial charge is 0.497 e. The molecule has 2 rings (SSSR count). The molecule has 3 amide bonds. The lowest BCUT2D eigenvalue weighted by molar-refractivity contribution is -0.124. The average molecular weight is 493 g/mol. The van der Waals surface area contributed by atoms with Crippen molar-refractivity contribution in [2.24, 2.45) is 5.92 Å². The van der Waals surface area contributed by atoms with Gasteiger partial charge >= 0.3 is 6.09 Å². The Kier molecular flexibility index (Phi) is 9.25. The molecule has 0 radical (unpaired) electrons. The predicted molar refractivity (Wildman–Crippen MR) is 125 cm³/mol. The molecule has 0 aliphatic rings. The zero-order valence-electron chi connectivity index (χ0n) is 19.2. The van der Waals surface area contributed by atoms with Crippen molar-refractivity contribution in [3.05, 3.63) is 54.1 Å². The number of alkyl carbamates (subject to hydrolysis) is 1. The van der Waals surface area contributed by atoms with Gasteiger partial charge in [-0.15, -0.1) is 0 Å². The van der Waals surface area contributed by atoms with Crippen molar-refractivity contribution in [2.75, 3.05) is 18.9 Å². The molecule has 0 aliphatic heterocycles. The maximum Gasteiger partial charge on any atom is 0.407 e. The van der Waals surface area contributed by atoms with Gasteiger partial charge in [0.15, 0.2) is 0 Å². The molecule has 2 aromatic carbocycles. The van der Waals surface area contributed by atoms with Gasteiger partial charge in [0.25, 0.3) is 21.8 Å². The molecule has 0 bridgehead atoms. The van der Waals surface area contributed by atoms with Crippen LogP contribution in [0.5, 0.6) is 5.75 Å². The number of amides is 3. The number of carbonyl (C=O) groups excluding carboxylic acids is 3. The van der Waals surface area contributed by atoms with E-state index in [9.17, 15) is 22.8 Å². The Balaban J connectivity index is 2.08. The first-order chi connectivity index (χ1) is 16.1. The van der Waals surface area contributed by atoms with E-state index in [4.69, 9.17) is 4.74 Å². The van der Waals surface area contributed by atoms with Crippen molar-refractivity contribution in [3.8, 4) is 5.75 Å². The van der Waals surface area contributed by atoms with Gasteiger partial charge < -0.3 is 14.8 Å². The molecule has 0 saturated carbocycles. The van der Waals surface area contributed by atoms with Gasteiger partial charge in [-0.05, 0) is 54.8 Å². The third-order valence-electron chi connectivity index (χ3n) is 4.55. The van der Waals surface area contributed by atoms with Crippen molar-refractivity contribution in [1.29, 1.82) is 0 Å². The molecular weight excluding hydrogens is 464 g/mol. The summed E-state index contributed by atoms with van der Waals surface area (Å²) in [6, 6.07) is 10.7. The standard InChI is InChI=1S/C22H28N4O7S/c1-14(2)12-19(23-22(29)33-4)21(28)25-24-20(27)15-6-5-7-18(13-15)34(30,31)26-16-8-10-17(32-3)11-9-16/h5-11,13-14,19,26H,12H2,1-4H3,(H,23,29)(H,24,27)(H,25,28). The smallest absolute Gasteiger partial charge is 0.407 e. The fraction of sp³-hybridized carbons (Fsp3) is 0.318. The number of hydrogen-bond acceptors (Lipinski definition) is 7. The molecule has 1 unspecified atom stereocenters. The number of carbonyl (C=O) groups is 3. The fourth-order valence-electron chi connectivity index (χ4n) is 2.86. The SMILES string of the molecule is COC(=O)NC(CC(C)C)C(=O)NNC(=O)c1cccc(S(=O)(=O)Nc2ccc(OC)cc2)c1. The molecule has 2 aromatic rings. The van der Waals surface area contributed by atoms with Crippen LogP contribution < -0.4 is 25.6 Å². The van der Waals surface area contributed by atoms with E-state index in [1.165, 1.54) is 38.5 Å². The first-order valence-electron chi connectivity index (χ1n) is 10.3. The van der Waals surface area contributed by atoms with Crippen LogP contribution in [0, 0.1) is 5.92 Å². The molecule has 34 heavy (non-hydrogen) atoms. The zero-order chi connectivity index (χ0) is 25.3. The number of hydrogen-bond donors (Lipinski definition) is 4. The second-order valence-corrected chi connectivity index (χ2v) is 9.31. The zero-order valence-corrected chi connectivity index (χ0v) is 20.1. The highest BCUT2D eigenvalue weighted by Crippen LogP contribution is 2.20. The van der Waals surface area contributed by atoms with Crippen LogP contribution in [0.25, 0.3) is 0 Å². The Morgan fingerprint density at radius 1 is 0.971 bits per heavy atom. The maximum absolute atomic E-state index is 12.7. The van der Waals surface area contributed by atoms with Gasteiger partial charge in [-0.25, -0.2) is 13.2 Å². The van der Waals surface area contributed by atoms with Gasteiger partial charge in [0.2, 0.25) is 0 Å². The van der Waals surface area contributed by atoms with Crippen molar-refractivity contribution in [3.63, 3.8) is 0 Å². The van der Waals surface area contributed by atoms with E-state index >= 15 is 0 Å². The molecule has 0 spiro atoms. The number of hydrazine groups is 1. The van der Waals surface area contributed by atoms with Crippen LogP contribution in [-0.4, -0.2) is 46.6 Å². The van der Waals surface area contributed by atoms with E-state index in [-0.39, 0.29) is 16.4 Å². The minimum absolute atomic E-state index is 0.000701. The Bertz CT molecular complexity index is 1120. The highest BCUT2D eigenvalue weighted by molar-refractivity contribution is 7.92. The second-order valence-electron chi connectivity index (χ2n) is 7.62. The van der Waals surface area contributed by atoms with Gasteiger partial charge in [-0.1, -0.05) is 19.9 Å². The molecule has 0 aromatic heterocycles. The summed E-state index contributed by atoms with van der Waals surface area (Å²) in [6.07, 6.45) is -0.476. The molecule has 11 nitrogen and oxygen atoms in total. The number of benzene rings is 2. The second kappa shape index (κ2) is 11.9. The minimum atomic E-state index is -3.98. The van der Waals surface area contributed by atoms with Crippen LogP contribution in [0.4, 0.5) is 10.5 Å². The molecule has 4 N–H and O–H groups in total. The van der Waals surface area contributed by atoms with Gasteiger partial charge in [0, 0.05) is 11.3 Å². The minimum Gasteiger partial charge on any atom is -0.497 e. The topological polar surface area (TPSA) is 152 Å². The average Bonchev–Trinajstić information content (AvgIpc) is 2.81. The summed E-state index contributed by atoms with van der Waals surface area (Å²) in [5, 5.41) is 2.40. The number of nitrogens with one attached hydrogen (secondary N) is 4. The first kappa shape index (κ1) is 26.5. The lowest BCUT2D eigenvalue weighted by Gasteiger charge is -2.19. The third-order valence-corrected chi connectivity index (χ3v) is 5.93. The van der Waals surface area contributed by atoms with Crippen molar-refractivity contribution < 1.29 is 32.3 Å². The van der Waals surface area contributed by atoms with Crippen LogP contribution in [0.3, 0.4) is 0 Å². The number of sulfonamides is 1. The molecule has 0 aliphatic carbocycles. The molecule has 184 valence electrons. The van der Waals surface area contributed by atoms with Crippen LogP contribution in [0.15, 0.2) is 53.4 Å². The number of anilines is 1. The van der Waals surface area contributed by atoms with Gasteiger partial charge in [-0.3, -0.25) is 25.2 Å². The summed E-state index contributed by atoms with van der Waals surface area (Å²) < 4.78 is 37.4. The Labute approximate surface area is 198 Å². The number of rotatable bonds is 9. The van der Waals surface area contributed by atoms with Crippen molar-refractivity contribution in [2.45, 2.75) is 31.2 Å². The van der Waals surface area contributed by atoms with E-state index in [0.29, 0.717) is 17.9 Å². The predicted octanol–water partition coefficient (Wildman–Crippen LogP) is 2.03. The van der Waals surface area contributed by atoms with Gasteiger partial charge in [0.1, 0.15) is 11.8 Å². The summed E-state index contributed by atoms with van der Waals surface area (Å²) in [5.74, 6) is -0.751. The maximum atomic E-state index is 12.7. The number of methoxy groups -OCH3 is 2. The molecular formula is C22H28N4O7S. The quantitative estimate of drug-likeness (QED) is 0.391. The molecule has 12 heteroatoms. The third kappa shape index (κ3) is 7.66. The van der Waals surface area contributed by atoms with Crippen LogP contribution in [0.2, 0.25) is 0 Å².